The fraction of sp³-hybridized carbons (Fsp3) is 0.586. The van der Waals surface area contributed by atoms with E-state index in [2.05, 4.69) is 32.4 Å². The largest absolute Gasteiger partial charge is 0.488 e. The summed E-state index contributed by atoms with van der Waals surface area (Å²) in [5, 5.41) is 15.9. The summed E-state index contributed by atoms with van der Waals surface area (Å²) in [4.78, 5) is 38.3. The van der Waals surface area contributed by atoms with Gasteiger partial charge in [-0.1, -0.05) is 26.2 Å². The number of likely N-dealkylation sites (N-methyl/N-ethyl adjacent to an activating group) is 1. The van der Waals surface area contributed by atoms with Gasteiger partial charge in [0.25, 0.3) is 0 Å². The zero-order chi connectivity index (χ0) is 27.8. The number of carbonyl (C=O) groups excluding carboxylic acids is 2. The lowest BCUT2D eigenvalue weighted by atomic mass is 9.96. The van der Waals surface area contributed by atoms with Crippen molar-refractivity contribution in [1.29, 1.82) is 0 Å². The van der Waals surface area contributed by atoms with Crippen LogP contribution in [0.15, 0.2) is 36.8 Å². The molecule has 3 N–H and O–H groups in total. The Morgan fingerprint density at radius 1 is 1.26 bits per heavy atom. The number of aliphatic hydroxyl groups is 1. The minimum atomic E-state index is -0.316. The van der Waals surface area contributed by atoms with E-state index in [0.29, 0.717) is 36.6 Å². The second-order valence-electron chi connectivity index (χ2n) is 11.0. The highest BCUT2D eigenvalue weighted by atomic mass is 16.5. The number of benzene rings is 1. The van der Waals surface area contributed by atoms with E-state index in [0.717, 1.165) is 31.4 Å². The molecule has 3 amide bonds. The number of aromatic nitrogens is 2. The number of rotatable bonds is 8. The normalized spacial score (nSPS) is 21.3. The number of carbonyl (C=O) groups is 2. The first kappa shape index (κ1) is 28.8. The van der Waals surface area contributed by atoms with Crippen molar-refractivity contribution in [2.75, 3.05) is 32.1 Å². The van der Waals surface area contributed by atoms with Gasteiger partial charge in [-0.05, 0) is 51.1 Å². The van der Waals surface area contributed by atoms with Crippen LogP contribution in [0.1, 0.15) is 57.2 Å². The fourth-order valence-corrected chi connectivity index (χ4v) is 5.38. The first-order valence-electron chi connectivity index (χ1n) is 14.0. The molecule has 1 saturated carbocycles. The van der Waals surface area contributed by atoms with Crippen molar-refractivity contribution in [1.82, 2.24) is 25.1 Å². The SMILES string of the molecule is CC1CN([C@@H](C)CO)C(=O)Cc2cc(NC(=O)NC3CCCCC3)ccc2O[C@H]1CN(C)Cc1ccncn1. The quantitative estimate of drug-likeness (QED) is 0.472. The monoisotopic (exact) mass is 538 g/mol. The molecular formula is C29H42N6O4. The van der Waals surface area contributed by atoms with Gasteiger partial charge in [0, 0.05) is 49.0 Å². The number of amides is 3. The van der Waals surface area contributed by atoms with E-state index in [9.17, 15) is 14.7 Å². The van der Waals surface area contributed by atoms with Gasteiger partial charge in [0.15, 0.2) is 0 Å². The molecule has 2 aromatic rings. The average molecular weight is 539 g/mol. The van der Waals surface area contributed by atoms with Gasteiger partial charge in [0.05, 0.1) is 24.8 Å². The molecule has 4 rings (SSSR count). The summed E-state index contributed by atoms with van der Waals surface area (Å²) in [5.41, 5.74) is 2.24. The van der Waals surface area contributed by atoms with Crippen molar-refractivity contribution in [3.05, 3.63) is 48.0 Å². The maximum Gasteiger partial charge on any atom is 0.319 e. The lowest BCUT2D eigenvalue weighted by molar-refractivity contribution is -0.134. The minimum Gasteiger partial charge on any atom is -0.488 e. The van der Waals surface area contributed by atoms with Crippen LogP contribution in [0.5, 0.6) is 5.75 Å². The van der Waals surface area contributed by atoms with Gasteiger partial charge in [-0.3, -0.25) is 9.69 Å². The van der Waals surface area contributed by atoms with Crippen LogP contribution in [-0.4, -0.2) is 81.7 Å². The number of fused-ring (bicyclic) bond motifs is 1. The first-order valence-corrected chi connectivity index (χ1v) is 14.0. The zero-order valence-electron chi connectivity index (χ0n) is 23.3. The Bertz CT molecular complexity index is 1090. The molecule has 0 radical (unpaired) electrons. The summed E-state index contributed by atoms with van der Waals surface area (Å²) in [6.45, 7) is 5.53. The zero-order valence-corrected chi connectivity index (χ0v) is 23.3. The summed E-state index contributed by atoms with van der Waals surface area (Å²) in [6, 6.07) is 7.03. The number of anilines is 1. The van der Waals surface area contributed by atoms with Gasteiger partial charge < -0.3 is 25.4 Å². The van der Waals surface area contributed by atoms with Crippen molar-refractivity contribution in [2.45, 2.75) is 77.1 Å². The maximum atomic E-state index is 13.4. The van der Waals surface area contributed by atoms with Gasteiger partial charge in [0.2, 0.25) is 5.91 Å². The number of urea groups is 1. The third-order valence-corrected chi connectivity index (χ3v) is 7.68. The average Bonchev–Trinajstić information content (AvgIpc) is 2.97. The van der Waals surface area contributed by atoms with E-state index in [4.69, 9.17) is 4.74 Å². The third kappa shape index (κ3) is 8.12. The number of nitrogens with zero attached hydrogens (tertiary/aromatic N) is 4. The molecule has 1 aromatic heterocycles. The van der Waals surface area contributed by atoms with Crippen molar-refractivity contribution in [2.24, 2.45) is 5.92 Å². The smallest absolute Gasteiger partial charge is 0.319 e. The highest BCUT2D eigenvalue weighted by Gasteiger charge is 2.31. The number of aliphatic hydroxyl groups excluding tert-OH is 1. The van der Waals surface area contributed by atoms with E-state index in [1.807, 2.05) is 38.2 Å². The predicted molar refractivity (Wildman–Crippen MR) is 149 cm³/mol. The molecule has 1 aliphatic heterocycles. The van der Waals surface area contributed by atoms with Crippen molar-refractivity contribution in [3.63, 3.8) is 0 Å². The van der Waals surface area contributed by atoms with Crippen LogP contribution in [0.3, 0.4) is 0 Å². The lowest BCUT2D eigenvalue weighted by Gasteiger charge is -2.34. The van der Waals surface area contributed by atoms with Crippen LogP contribution in [0.25, 0.3) is 0 Å². The summed E-state index contributed by atoms with van der Waals surface area (Å²) < 4.78 is 6.58. The van der Waals surface area contributed by atoms with Gasteiger partial charge in [-0.2, -0.15) is 0 Å². The second-order valence-corrected chi connectivity index (χ2v) is 11.0. The Morgan fingerprint density at radius 3 is 2.77 bits per heavy atom. The van der Waals surface area contributed by atoms with Crippen LogP contribution in [-0.2, 0) is 17.8 Å². The van der Waals surface area contributed by atoms with Gasteiger partial charge in [-0.15, -0.1) is 0 Å². The van der Waals surface area contributed by atoms with E-state index in [1.54, 1.807) is 17.4 Å². The number of hydrogen-bond acceptors (Lipinski definition) is 7. The molecular weight excluding hydrogens is 496 g/mol. The Labute approximate surface area is 231 Å². The molecule has 39 heavy (non-hydrogen) atoms. The molecule has 1 aliphatic carbocycles. The van der Waals surface area contributed by atoms with Gasteiger partial charge in [-0.25, -0.2) is 14.8 Å². The number of hydrogen-bond donors (Lipinski definition) is 3. The second kappa shape index (κ2) is 13.7. The fourth-order valence-electron chi connectivity index (χ4n) is 5.38. The molecule has 212 valence electrons. The molecule has 10 nitrogen and oxygen atoms in total. The number of nitrogens with one attached hydrogen (secondary N) is 2. The highest BCUT2D eigenvalue weighted by molar-refractivity contribution is 5.90. The predicted octanol–water partition coefficient (Wildman–Crippen LogP) is 3.21. The maximum absolute atomic E-state index is 13.4. The molecule has 2 aliphatic rings. The summed E-state index contributed by atoms with van der Waals surface area (Å²) in [5.74, 6) is 0.556. The van der Waals surface area contributed by atoms with Crippen LogP contribution < -0.4 is 15.4 Å². The topological polar surface area (TPSA) is 120 Å². The Hall–Kier alpha value is -3.24. The lowest BCUT2D eigenvalue weighted by Crippen LogP contribution is -2.47. The molecule has 0 bridgehead atoms. The summed E-state index contributed by atoms with van der Waals surface area (Å²) in [6.07, 6.45) is 8.68. The molecule has 3 atom stereocenters. The molecule has 10 heteroatoms. The Morgan fingerprint density at radius 2 is 2.05 bits per heavy atom. The highest BCUT2D eigenvalue weighted by Crippen LogP contribution is 2.29. The van der Waals surface area contributed by atoms with Crippen molar-refractivity contribution < 1.29 is 19.4 Å². The van der Waals surface area contributed by atoms with Crippen LogP contribution in [0, 0.1) is 5.92 Å². The van der Waals surface area contributed by atoms with Crippen LogP contribution >= 0.6 is 0 Å². The van der Waals surface area contributed by atoms with E-state index >= 15 is 0 Å². The first-order chi connectivity index (χ1) is 18.8. The number of ether oxygens (including phenoxy) is 1. The molecule has 1 aromatic carbocycles. The standard InChI is InChI=1S/C29H42N6O4/c1-20-15-35(21(2)18-36)28(37)14-22-13-24(33-29(38)32-23-7-5-4-6-8-23)9-10-26(22)39-27(20)17-34(3)16-25-11-12-30-19-31-25/h9-13,19-21,23,27,36H,4-8,14-18H2,1-3H3,(H2,32,33,38)/t20?,21-,27-/m0/s1. The Balaban J connectivity index is 1.53. The van der Waals surface area contributed by atoms with Crippen LogP contribution in [0.4, 0.5) is 10.5 Å². The van der Waals surface area contributed by atoms with E-state index < -0.39 is 0 Å². The van der Waals surface area contributed by atoms with E-state index in [1.165, 1.54) is 6.42 Å². The van der Waals surface area contributed by atoms with E-state index in [-0.39, 0.29) is 49.1 Å². The molecule has 0 saturated heterocycles. The minimum absolute atomic E-state index is 0.000761. The third-order valence-electron chi connectivity index (χ3n) is 7.68. The van der Waals surface area contributed by atoms with Crippen molar-refractivity contribution in [3.8, 4) is 5.75 Å². The summed E-state index contributed by atoms with van der Waals surface area (Å²) >= 11 is 0. The Kier molecular flexibility index (Phi) is 10.1. The molecule has 0 spiro atoms. The summed E-state index contributed by atoms with van der Waals surface area (Å²) in [7, 11) is 2.02. The van der Waals surface area contributed by atoms with Gasteiger partial charge in [0.1, 0.15) is 18.2 Å². The van der Waals surface area contributed by atoms with Gasteiger partial charge >= 0.3 is 6.03 Å². The molecule has 1 fully saturated rings. The molecule has 1 unspecified atom stereocenters. The van der Waals surface area contributed by atoms with Crippen LogP contribution in [0.2, 0.25) is 0 Å². The van der Waals surface area contributed by atoms with Crippen molar-refractivity contribution >= 4 is 17.6 Å². The molecule has 2 heterocycles.